The first-order chi connectivity index (χ1) is 19.8. The lowest BCUT2D eigenvalue weighted by Crippen LogP contribution is -2.27. The summed E-state index contributed by atoms with van der Waals surface area (Å²) in [7, 11) is 0. The fraction of sp³-hybridized carbons (Fsp3) is 1.00. The Labute approximate surface area is 253 Å². The van der Waals surface area contributed by atoms with Crippen LogP contribution < -0.4 is 0 Å². The summed E-state index contributed by atoms with van der Waals surface area (Å²) in [6, 6.07) is 0. The minimum atomic E-state index is 0.366. The Hall–Kier alpha value is -0.120. The number of aliphatic hydroxyl groups is 2. The van der Waals surface area contributed by atoms with E-state index in [4.69, 9.17) is 10.2 Å². The van der Waals surface area contributed by atoms with E-state index in [2.05, 4.69) is 11.8 Å². The van der Waals surface area contributed by atoms with Gasteiger partial charge in [-0.1, -0.05) is 174 Å². The summed E-state index contributed by atoms with van der Waals surface area (Å²) in [6.07, 6.45) is 42.4. The third kappa shape index (κ3) is 34.1. The highest BCUT2D eigenvalue weighted by atomic mass is 16.3. The maximum Gasteiger partial charge on any atom is 0.0431 e. The number of aliphatic hydroxyl groups excluding tert-OH is 2. The number of rotatable bonds is 36. The molecule has 0 aromatic heterocycles. The molecule has 0 heterocycles. The van der Waals surface area contributed by atoms with Gasteiger partial charge in [0.05, 0.1) is 0 Å². The molecule has 0 bridgehead atoms. The molecular formula is C37H77NO2. The first-order valence-electron chi connectivity index (χ1n) is 18.8. The number of unbranched alkanes of at least 4 members (excludes halogenated alkanes) is 28. The highest BCUT2D eigenvalue weighted by Crippen LogP contribution is 2.15. The van der Waals surface area contributed by atoms with Crippen molar-refractivity contribution in [3.05, 3.63) is 0 Å². The monoisotopic (exact) mass is 568 g/mol. The first-order valence-corrected chi connectivity index (χ1v) is 18.8. The van der Waals surface area contributed by atoms with Gasteiger partial charge in [0.2, 0.25) is 0 Å². The third-order valence-corrected chi connectivity index (χ3v) is 8.84. The van der Waals surface area contributed by atoms with Gasteiger partial charge in [-0.3, -0.25) is 0 Å². The molecule has 3 nitrogen and oxygen atoms in total. The largest absolute Gasteiger partial charge is 0.396 e. The first kappa shape index (κ1) is 39.9. The molecule has 242 valence electrons. The zero-order valence-corrected chi connectivity index (χ0v) is 27.8. The van der Waals surface area contributed by atoms with Crippen molar-refractivity contribution in [2.75, 3.05) is 32.8 Å². The van der Waals surface area contributed by atoms with Crippen molar-refractivity contribution in [1.82, 2.24) is 4.90 Å². The molecule has 0 aromatic rings. The molecule has 2 N–H and O–H groups in total. The molecular weight excluding hydrogens is 490 g/mol. The standard InChI is InChI=1S/C37H77NO2/c1-2-3-4-5-6-13-18-23-28-33-38(34-29-24-19-14-9-7-11-16-21-26-31-36-39)35-30-25-20-15-10-8-12-17-22-27-32-37-40/h39-40H,2-37H2,1H3. The van der Waals surface area contributed by atoms with E-state index in [1.165, 1.54) is 206 Å². The molecule has 0 saturated carbocycles. The Balaban J connectivity index is 3.86. The molecule has 3 heteroatoms. The van der Waals surface area contributed by atoms with Crippen molar-refractivity contribution < 1.29 is 10.2 Å². The normalized spacial score (nSPS) is 11.7. The van der Waals surface area contributed by atoms with E-state index >= 15 is 0 Å². The van der Waals surface area contributed by atoms with Gasteiger partial charge < -0.3 is 15.1 Å². The van der Waals surface area contributed by atoms with Gasteiger partial charge in [-0.05, 0) is 51.7 Å². The Morgan fingerprint density at radius 3 is 0.700 bits per heavy atom. The maximum atomic E-state index is 8.86. The lowest BCUT2D eigenvalue weighted by atomic mass is 10.0. The van der Waals surface area contributed by atoms with Crippen LogP contribution in [0.2, 0.25) is 0 Å². The summed E-state index contributed by atoms with van der Waals surface area (Å²) in [5.74, 6) is 0. The molecule has 0 rings (SSSR count). The number of nitrogens with zero attached hydrogens (tertiary/aromatic N) is 1. The predicted molar refractivity (Wildman–Crippen MR) is 179 cm³/mol. The van der Waals surface area contributed by atoms with Gasteiger partial charge in [-0.15, -0.1) is 0 Å². The summed E-state index contributed by atoms with van der Waals surface area (Å²) in [4.78, 5) is 2.82. The van der Waals surface area contributed by atoms with Crippen molar-refractivity contribution in [2.24, 2.45) is 0 Å². The van der Waals surface area contributed by atoms with E-state index in [1.54, 1.807) is 0 Å². The van der Waals surface area contributed by atoms with E-state index in [0.29, 0.717) is 13.2 Å². The molecule has 0 atom stereocenters. The Bertz CT molecular complexity index is 402. The van der Waals surface area contributed by atoms with Gasteiger partial charge in [-0.25, -0.2) is 0 Å². The minimum Gasteiger partial charge on any atom is -0.396 e. The SMILES string of the molecule is CCCCCCCCCCCN(CCCCCCCCCCCCCO)CCCCCCCCCCCCCO. The van der Waals surface area contributed by atoms with Gasteiger partial charge in [-0.2, -0.15) is 0 Å². The molecule has 0 aliphatic carbocycles. The van der Waals surface area contributed by atoms with Gasteiger partial charge >= 0.3 is 0 Å². The summed E-state index contributed by atoms with van der Waals surface area (Å²) in [5.41, 5.74) is 0. The molecule has 0 aromatic carbocycles. The predicted octanol–water partition coefficient (Wildman–Crippen LogP) is 11.4. The second kappa shape index (κ2) is 36.9. The lowest BCUT2D eigenvalue weighted by molar-refractivity contribution is 0.254. The lowest BCUT2D eigenvalue weighted by Gasteiger charge is -2.22. The summed E-state index contributed by atoms with van der Waals surface area (Å²) in [5, 5.41) is 17.7. The molecule has 0 spiro atoms. The molecule has 0 aliphatic heterocycles. The van der Waals surface area contributed by atoms with Crippen LogP contribution in [0.4, 0.5) is 0 Å². The average Bonchev–Trinajstić information content (AvgIpc) is 2.97. The van der Waals surface area contributed by atoms with E-state index in [1.807, 2.05) is 0 Å². The smallest absolute Gasteiger partial charge is 0.0431 e. The van der Waals surface area contributed by atoms with Gasteiger partial charge in [0, 0.05) is 13.2 Å². The molecule has 0 aliphatic rings. The highest BCUT2D eigenvalue weighted by Gasteiger charge is 2.05. The third-order valence-electron chi connectivity index (χ3n) is 8.84. The van der Waals surface area contributed by atoms with Crippen LogP contribution in [-0.2, 0) is 0 Å². The Kier molecular flexibility index (Phi) is 36.8. The van der Waals surface area contributed by atoms with Crippen LogP contribution in [0.5, 0.6) is 0 Å². The topological polar surface area (TPSA) is 43.7 Å². The van der Waals surface area contributed by atoms with Crippen LogP contribution in [0.25, 0.3) is 0 Å². The molecule has 0 saturated heterocycles. The van der Waals surface area contributed by atoms with Crippen molar-refractivity contribution >= 4 is 0 Å². The van der Waals surface area contributed by atoms with Crippen LogP contribution in [0.15, 0.2) is 0 Å². The van der Waals surface area contributed by atoms with Crippen molar-refractivity contribution in [2.45, 2.75) is 206 Å². The fourth-order valence-corrected chi connectivity index (χ4v) is 6.06. The van der Waals surface area contributed by atoms with Crippen molar-refractivity contribution in [3.8, 4) is 0 Å². The second-order valence-electron chi connectivity index (χ2n) is 12.9. The van der Waals surface area contributed by atoms with Crippen LogP contribution >= 0.6 is 0 Å². The highest BCUT2D eigenvalue weighted by molar-refractivity contribution is 4.61. The second-order valence-corrected chi connectivity index (χ2v) is 12.9. The molecule has 0 radical (unpaired) electrons. The Morgan fingerprint density at radius 2 is 0.475 bits per heavy atom. The van der Waals surface area contributed by atoms with Gasteiger partial charge in [0.1, 0.15) is 0 Å². The fourth-order valence-electron chi connectivity index (χ4n) is 6.06. The van der Waals surface area contributed by atoms with E-state index in [9.17, 15) is 0 Å². The summed E-state index contributed by atoms with van der Waals surface area (Å²) < 4.78 is 0. The van der Waals surface area contributed by atoms with E-state index in [-0.39, 0.29) is 0 Å². The van der Waals surface area contributed by atoms with Crippen LogP contribution in [0, 0.1) is 0 Å². The van der Waals surface area contributed by atoms with E-state index < -0.39 is 0 Å². The average molecular weight is 568 g/mol. The van der Waals surface area contributed by atoms with Crippen LogP contribution in [-0.4, -0.2) is 48.0 Å². The molecule has 0 fully saturated rings. The quantitative estimate of drug-likeness (QED) is 0.0740. The van der Waals surface area contributed by atoms with Crippen LogP contribution in [0.1, 0.15) is 206 Å². The van der Waals surface area contributed by atoms with E-state index in [0.717, 1.165) is 12.8 Å². The minimum absolute atomic E-state index is 0.366. The molecule has 0 amide bonds. The number of hydrogen-bond donors (Lipinski definition) is 2. The van der Waals surface area contributed by atoms with Crippen LogP contribution in [0.3, 0.4) is 0 Å². The Morgan fingerprint density at radius 1 is 0.275 bits per heavy atom. The van der Waals surface area contributed by atoms with Gasteiger partial charge in [0.25, 0.3) is 0 Å². The molecule has 0 unspecified atom stereocenters. The van der Waals surface area contributed by atoms with Crippen molar-refractivity contribution in [3.63, 3.8) is 0 Å². The maximum absolute atomic E-state index is 8.86. The van der Waals surface area contributed by atoms with Crippen molar-refractivity contribution in [1.29, 1.82) is 0 Å². The molecule has 40 heavy (non-hydrogen) atoms. The summed E-state index contributed by atoms with van der Waals surface area (Å²) in [6.45, 7) is 7.04. The zero-order valence-electron chi connectivity index (χ0n) is 27.8. The zero-order chi connectivity index (χ0) is 29.0. The van der Waals surface area contributed by atoms with Gasteiger partial charge in [0.15, 0.2) is 0 Å². The number of hydrogen-bond acceptors (Lipinski definition) is 3. The summed E-state index contributed by atoms with van der Waals surface area (Å²) >= 11 is 0.